The number of benzene rings is 1. The van der Waals surface area contributed by atoms with E-state index in [1.807, 2.05) is 0 Å². The van der Waals surface area contributed by atoms with Crippen LogP contribution in [0.4, 0.5) is 15.8 Å². The van der Waals surface area contributed by atoms with Gasteiger partial charge in [0.1, 0.15) is 5.56 Å². The topological polar surface area (TPSA) is 136 Å². The minimum absolute atomic E-state index is 0.133. The van der Waals surface area contributed by atoms with Crippen molar-refractivity contribution in [1.29, 1.82) is 0 Å². The molecule has 1 rings (SSSR count). The van der Waals surface area contributed by atoms with E-state index in [1.165, 1.54) is 0 Å². The molecule has 1 amide bonds. The number of nitrogens with one attached hydrogen (secondary N) is 1. The molecule has 114 valence electrons. The lowest BCUT2D eigenvalue weighted by atomic mass is 9.99. The molecular weight excluding hydrogens is 285 g/mol. The number of nitro benzene ring substituents is 1. The fourth-order valence-electron chi connectivity index (χ4n) is 1.83. The number of nitrogens with two attached hydrogens (primary N) is 1. The summed E-state index contributed by atoms with van der Waals surface area (Å²) in [6.45, 7) is 3.11. The summed E-state index contributed by atoms with van der Waals surface area (Å²) in [5, 5.41) is 22.3. The smallest absolute Gasteiger partial charge is 0.342 e. The number of rotatable bonds is 6. The molecule has 0 atom stereocenters. The maximum atomic E-state index is 13.8. The molecule has 1 aromatic carbocycles. The highest BCUT2D eigenvalue weighted by molar-refractivity contribution is 5.93. The minimum Gasteiger partial charge on any atom is -0.477 e. The van der Waals surface area contributed by atoms with E-state index in [0.717, 1.165) is 6.07 Å². The standard InChI is InChI=1S/C12H14FN3O5/c1-12(2,5-10(14)17)15-8-3-6(11(18)19)9(16(20)21)4-7(8)13/h3-4,15H,5H2,1-2H3,(H2,14,17)(H,18,19). The Morgan fingerprint density at radius 1 is 1.48 bits per heavy atom. The number of hydrogen-bond acceptors (Lipinski definition) is 5. The van der Waals surface area contributed by atoms with Gasteiger partial charge in [0.05, 0.1) is 16.7 Å². The third kappa shape index (κ3) is 4.13. The van der Waals surface area contributed by atoms with Crippen molar-refractivity contribution in [1.82, 2.24) is 0 Å². The summed E-state index contributed by atoms with van der Waals surface area (Å²) in [6, 6.07) is 1.34. The molecule has 0 aliphatic carbocycles. The Hall–Kier alpha value is -2.71. The first-order valence-corrected chi connectivity index (χ1v) is 5.81. The van der Waals surface area contributed by atoms with Crippen LogP contribution < -0.4 is 11.1 Å². The van der Waals surface area contributed by atoms with Crippen LogP contribution in [0.15, 0.2) is 12.1 Å². The van der Waals surface area contributed by atoms with Crippen LogP contribution in [-0.2, 0) is 4.79 Å². The van der Waals surface area contributed by atoms with Crippen LogP contribution in [0.1, 0.15) is 30.6 Å². The molecule has 1 aromatic rings. The largest absolute Gasteiger partial charge is 0.477 e. The van der Waals surface area contributed by atoms with Gasteiger partial charge in [-0.2, -0.15) is 0 Å². The van der Waals surface area contributed by atoms with Gasteiger partial charge < -0.3 is 16.2 Å². The molecule has 0 aromatic heterocycles. The van der Waals surface area contributed by atoms with E-state index in [4.69, 9.17) is 10.8 Å². The molecule has 9 heteroatoms. The number of primary amides is 1. The van der Waals surface area contributed by atoms with E-state index < -0.39 is 39.4 Å². The van der Waals surface area contributed by atoms with Crippen molar-refractivity contribution in [3.63, 3.8) is 0 Å². The second kappa shape index (κ2) is 5.73. The molecule has 0 bridgehead atoms. The maximum absolute atomic E-state index is 13.8. The molecule has 0 heterocycles. The first-order chi connectivity index (χ1) is 9.53. The summed E-state index contributed by atoms with van der Waals surface area (Å²) in [5.41, 5.74) is 2.35. The maximum Gasteiger partial charge on any atom is 0.342 e. The average Bonchev–Trinajstić information content (AvgIpc) is 2.28. The van der Waals surface area contributed by atoms with Gasteiger partial charge in [-0.15, -0.1) is 0 Å². The number of anilines is 1. The number of aromatic carboxylic acids is 1. The molecule has 0 spiro atoms. The van der Waals surface area contributed by atoms with Crippen LogP contribution in [0, 0.1) is 15.9 Å². The highest BCUT2D eigenvalue weighted by Crippen LogP contribution is 2.28. The fourth-order valence-corrected chi connectivity index (χ4v) is 1.83. The number of carbonyl (C=O) groups is 2. The zero-order valence-electron chi connectivity index (χ0n) is 11.3. The summed E-state index contributed by atoms with van der Waals surface area (Å²) in [5.74, 6) is -3.19. The Labute approximate surface area is 118 Å². The summed E-state index contributed by atoms with van der Waals surface area (Å²) < 4.78 is 13.8. The van der Waals surface area contributed by atoms with Crippen LogP contribution >= 0.6 is 0 Å². The SMILES string of the molecule is CC(C)(CC(N)=O)Nc1cc(C(=O)O)c([N+](=O)[O-])cc1F. The Morgan fingerprint density at radius 3 is 2.48 bits per heavy atom. The molecule has 0 radical (unpaired) electrons. The zero-order valence-corrected chi connectivity index (χ0v) is 11.3. The van der Waals surface area contributed by atoms with E-state index in [-0.39, 0.29) is 12.1 Å². The summed E-state index contributed by atoms with van der Waals surface area (Å²) in [6.07, 6.45) is -0.133. The number of carbonyl (C=O) groups excluding carboxylic acids is 1. The van der Waals surface area contributed by atoms with E-state index in [0.29, 0.717) is 6.07 Å². The number of carboxylic acid groups (broad SMARTS) is 1. The lowest BCUT2D eigenvalue weighted by Crippen LogP contribution is -2.36. The molecule has 8 nitrogen and oxygen atoms in total. The van der Waals surface area contributed by atoms with Crippen molar-refractivity contribution in [2.45, 2.75) is 25.8 Å². The quantitative estimate of drug-likeness (QED) is 0.538. The third-order valence-corrected chi connectivity index (χ3v) is 2.60. The van der Waals surface area contributed by atoms with E-state index in [2.05, 4.69) is 5.32 Å². The van der Waals surface area contributed by atoms with Gasteiger partial charge in [-0.3, -0.25) is 14.9 Å². The normalized spacial score (nSPS) is 11.0. The zero-order chi connectivity index (χ0) is 16.4. The minimum atomic E-state index is -1.56. The molecule has 0 unspecified atom stereocenters. The molecule has 4 N–H and O–H groups in total. The van der Waals surface area contributed by atoms with Crippen molar-refractivity contribution in [3.8, 4) is 0 Å². The van der Waals surface area contributed by atoms with Gasteiger partial charge in [0.25, 0.3) is 5.69 Å². The fraction of sp³-hybridized carbons (Fsp3) is 0.333. The van der Waals surface area contributed by atoms with Gasteiger partial charge in [0.2, 0.25) is 5.91 Å². The number of amides is 1. The molecule has 0 saturated heterocycles. The lowest BCUT2D eigenvalue weighted by Gasteiger charge is -2.26. The van der Waals surface area contributed by atoms with Gasteiger partial charge >= 0.3 is 5.97 Å². The Morgan fingerprint density at radius 2 is 2.05 bits per heavy atom. The highest BCUT2D eigenvalue weighted by atomic mass is 19.1. The number of carboxylic acids is 1. The second-order valence-corrected chi connectivity index (χ2v) is 5.06. The highest BCUT2D eigenvalue weighted by Gasteiger charge is 2.27. The second-order valence-electron chi connectivity index (χ2n) is 5.06. The van der Waals surface area contributed by atoms with Crippen LogP contribution in [0.25, 0.3) is 0 Å². The molecule has 0 aliphatic rings. The molecule has 0 fully saturated rings. The van der Waals surface area contributed by atoms with E-state index in [1.54, 1.807) is 13.8 Å². The number of nitrogens with zero attached hydrogens (tertiary/aromatic N) is 1. The van der Waals surface area contributed by atoms with Crippen LogP contribution in [0.3, 0.4) is 0 Å². The number of nitro groups is 1. The predicted molar refractivity (Wildman–Crippen MR) is 71.5 cm³/mol. The lowest BCUT2D eigenvalue weighted by molar-refractivity contribution is -0.385. The van der Waals surface area contributed by atoms with Gasteiger partial charge in [0.15, 0.2) is 5.82 Å². The van der Waals surface area contributed by atoms with Crippen molar-refractivity contribution in [3.05, 3.63) is 33.6 Å². The Kier molecular flexibility index (Phi) is 4.46. The molecule has 0 saturated carbocycles. The molecular formula is C12H14FN3O5. The van der Waals surface area contributed by atoms with Crippen molar-refractivity contribution in [2.24, 2.45) is 5.73 Å². The summed E-state index contributed by atoms with van der Waals surface area (Å²) in [7, 11) is 0. The summed E-state index contributed by atoms with van der Waals surface area (Å²) >= 11 is 0. The molecule has 0 aliphatic heterocycles. The Bertz CT molecular complexity index is 615. The van der Waals surface area contributed by atoms with Crippen molar-refractivity contribution >= 4 is 23.3 Å². The van der Waals surface area contributed by atoms with Gasteiger partial charge in [-0.05, 0) is 19.9 Å². The number of hydrogen-bond donors (Lipinski definition) is 3. The average molecular weight is 299 g/mol. The monoisotopic (exact) mass is 299 g/mol. The van der Waals surface area contributed by atoms with Crippen LogP contribution in [0.2, 0.25) is 0 Å². The third-order valence-electron chi connectivity index (χ3n) is 2.60. The summed E-state index contributed by atoms with van der Waals surface area (Å²) in [4.78, 5) is 31.7. The molecule has 21 heavy (non-hydrogen) atoms. The van der Waals surface area contributed by atoms with Gasteiger partial charge in [-0.1, -0.05) is 0 Å². The van der Waals surface area contributed by atoms with Crippen molar-refractivity contribution < 1.29 is 24.0 Å². The van der Waals surface area contributed by atoms with Gasteiger partial charge in [-0.25, -0.2) is 9.18 Å². The predicted octanol–water partition coefficient (Wildman–Crippen LogP) is 1.50. The van der Waals surface area contributed by atoms with E-state index in [9.17, 15) is 24.1 Å². The van der Waals surface area contributed by atoms with Crippen molar-refractivity contribution in [2.75, 3.05) is 5.32 Å². The van der Waals surface area contributed by atoms with Gasteiger partial charge in [0, 0.05) is 12.0 Å². The van der Waals surface area contributed by atoms with Crippen LogP contribution in [0.5, 0.6) is 0 Å². The Balaban J connectivity index is 3.26. The first kappa shape index (κ1) is 16.3. The number of halogens is 1. The van der Waals surface area contributed by atoms with Crippen LogP contribution in [-0.4, -0.2) is 27.4 Å². The first-order valence-electron chi connectivity index (χ1n) is 5.81. The van der Waals surface area contributed by atoms with E-state index >= 15 is 0 Å².